The molecule has 2 heterocycles. The Morgan fingerprint density at radius 3 is 2.71 bits per heavy atom. The summed E-state index contributed by atoms with van der Waals surface area (Å²) in [5.41, 5.74) is 1.07. The Hall–Kier alpha value is -2.45. The van der Waals surface area contributed by atoms with Gasteiger partial charge in [0, 0.05) is 45.1 Å². The van der Waals surface area contributed by atoms with Gasteiger partial charge < -0.3 is 19.9 Å². The third-order valence-electron chi connectivity index (χ3n) is 4.73. The normalized spacial score (nSPS) is 16.7. The van der Waals surface area contributed by atoms with Crippen molar-refractivity contribution in [2.45, 2.75) is 19.5 Å². The van der Waals surface area contributed by atoms with Crippen molar-refractivity contribution in [1.29, 1.82) is 0 Å². The van der Waals surface area contributed by atoms with Crippen molar-refractivity contribution in [3.63, 3.8) is 0 Å². The molecule has 0 spiro atoms. The highest BCUT2D eigenvalue weighted by atomic mass is 19.1. The molecule has 28 heavy (non-hydrogen) atoms. The Balaban J connectivity index is 1.66. The van der Waals surface area contributed by atoms with Crippen LogP contribution < -0.4 is 10.6 Å². The maximum Gasteiger partial charge on any atom is 0.191 e. The van der Waals surface area contributed by atoms with Gasteiger partial charge in [-0.15, -0.1) is 0 Å². The highest BCUT2D eigenvalue weighted by Crippen LogP contribution is 2.22. The lowest BCUT2D eigenvalue weighted by atomic mass is 10.0. The molecule has 7 nitrogen and oxygen atoms in total. The highest BCUT2D eigenvalue weighted by molar-refractivity contribution is 5.79. The number of aromatic nitrogens is 2. The Bertz CT molecular complexity index is 713. The lowest BCUT2D eigenvalue weighted by molar-refractivity contribution is 0.0179. The molecule has 152 valence electrons. The van der Waals surface area contributed by atoms with Crippen LogP contribution in [0.25, 0.3) is 0 Å². The van der Waals surface area contributed by atoms with Crippen molar-refractivity contribution in [2.24, 2.45) is 4.99 Å². The van der Waals surface area contributed by atoms with E-state index in [1.165, 1.54) is 12.1 Å². The molecule has 1 fully saturated rings. The number of halogens is 1. The molecule has 1 saturated heterocycles. The maximum absolute atomic E-state index is 13.4. The van der Waals surface area contributed by atoms with Crippen LogP contribution in [0.3, 0.4) is 0 Å². The molecule has 0 amide bonds. The average molecular weight is 388 g/mol. The van der Waals surface area contributed by atoms with Gasteiger partial charge in [0.05, 0.1) is 32.1 Å². The molecule has 2 aromatic rings. The number of nitrogens with zero attached hydrogens (tertiary/aromatic N) is 4. The Kier molecular flexibility index (Phi) is 7.81. The fourth-order valence-electron chi connectivity index (χ4n) is 3.25. The lowest BCUT2D eigenvalue weighted by Crippen LogP contribution is -2.42. The number of nitrogens with one attached hydrogen (secondary N) is 2. The van der Waals surface area contributed by atoms with Gasteiger partial charge in [-0.25, -0.2) is 9.37 Å². The monoisotopic (exact) mass is 388 g/mol. The Morgan fingerprint density at radius 2 is 2.04 bits per heavy atom. The van der Waals surface area contributed by atoms with E-state index in [2.05, 4.69) is 20.5 Å². The molecule has 3 rings (SSSR count). The van der Waals surface area contributed by atoms with Crippen molar-refractivity contribution in [1.82, 2.24) is 25.1 Å². The molecule has 0 saturated carbocycles. The first-order valence-corrected chi connectivity index (χ1v) is 9.81. The van der Waals surface area contributed by atoms with Crippen molar-refractivity contribution in [3.05, 3.63) is 54.4 Å². The van der Waals surface area contributed by atoms with Crippen LogP contribution in [0.15, 0.2) is 48.0 Å². The summed E-state index contributed by atoms with van der Waals surface area (Å²) >= 11 is 0. The molecular formula is C20H29FN6O. The van der Waals surface area contributed by atoms with Gasteiger partial charge in [-0.3, -0.25) is 9.89 Å². The van der Waals surface area contributed by atoms with Gasteiger partial charge in [-0.1, -0.05) is 12.1 Å². The summed E-state index contributed by atoms with van der Waals surface area (Å²) in [6.45, 7) is 8.12. The molecule has 1 aromatic heterocycles. The van der Waals surface area contributed by atoms with E-state index in [0.717, 1.165) is 44.2 Å². The molecule has 2 N–H and O–H groups in total. The van der Waals surface area contributed by atoms with E-state index in [0.29, 0.717) is 19.8 Å². The Morgan fingerprint density at radius 1 is 1.25 bits per heavy atom. The standard InChI is InChI=1S/C20H29FN6O/c1-2-23-20(24-8-10-26-9-7-22-16-26)25-15-19(27-11-13-28-14-12-27)17-3-5-18(21)6-4-17/h3-7,9,16,19H,2,8,10-15H2,1H3,(H2,23,24,25). The van der Waals surface area contributed by atoms with E-state index in [4.69, 9.17) is 9.73 Å². The fraction of sp³-hybridized carbons (Fsp3) is 0.500. The predicted molar refractivity (Wildman–Crippen MR) is 108 cm³/mol. The zero-order valence-corrected chi connectivity index (χ0v) is 16.4. The van der Waals surface area contributed by atoms with Crippen molar-refractivity contribution in [2.75, 3.05) is 45.9 Å². The quantitative estimate of drug-likeness (QED) is 0.532. The number of guanidine groups is 1. The van der Waals surface area contributed by atoms with Gasteiger partial charge in [0.1, 0.15) is 5.82 Å². The van der Waals surface area contributed by atoms with Gasteiger partial charge in [-0.2, -0.15) is 0 Å². The molecule has 1 aliphatic heterocycles. The second-order valence-electron chi connectivity index (χ2n) is 6.66. The minimum Gasteiger partial charge on any atom is -0.379 e. The number of imidazole rings is 1. The van der Waals surface area contributed by atoms with Crippen LogP contribution in [0.2, 0.25) is 0 Å². The van der Waals surface area contributed by atoms with Crippen molar-refractivity contribution >= 4 is 5.96 Å². The van der Waals surface area contributed by atoms with Crippen LogP contribution in [0.1, 0.15) is 18.5 Å². The molecule has 1 unspecified atom stereocenters. The van der Waals surface area contributed by atoms with Gasteiger partial charge in [0.25, 0.3) is 0 Å². The van der Waals surface area contributed by atoms with Crippen LogP contribution in [0.5, 0.6) is 0 Å². The summed E-state index contributed by atoms with van der Waals surface area (Å²) in [5.74, 6) is 0.561. The first-order chi connectivity index (χ1) is 13.8. The molecule has 1 aliphatic rings. The van der Waals surface area contributed by atoms with Crippen molar-refractivity contribution < 1.29 is 9.13 Å². The number of aliphatic imine (C=N–C) groups is 1. The topological polar surface area (TPSA) is 66.7 Å². The molecule has 8 heteroatoms. The number of morpholine rings is 1. The number of hydrogen-bond acceptors (Lipinski definition) is 4. The summed E-state index contributed by atoms with van der Waals surface area (Å²) in [5, 5.41) is 6.66. The zero-order valence-electron chi connectivity index (χ0n) is 16.4. The predicted octanol–water partition coefficient (Wildman–Crippen LogP) is 1.65. The third-order valence-corrected chi connectivity index (χ3v) is 4.73. The smallest absolute Gasteiger partial charge is 0.191 e. The van der Waals surface area contributed by atoms with Gasteiger partial charge in [0.2, 0.25) is 0 Å². The molecule has 1 aromatic carbocycles. The first kappa shape index (κ1) is 20.3. The summed E-state index contributed by atoms with van der Waals surface area (Å²) < 4.78 is 20.9. The highest BCUT2D eigenvalue weighted by Gasteiger charge is 2.22. The summed E-state index contributed by atoms with van der Waals surface area (Å²) in [6, 6.07) is 6.82. The van der Waals surface area contributed by atoms with E-state index >= 15 is 0 Å². The van der Waals surface area contributed by atoms with E-state index < -0.39 is 0 Å². The minimum atomic E-state index is -0.220. The van der Waals surface area contributed by atoms with E-state index in [9.17, 15) is 4.39 Å². The first-order valence-electron chi connectivity index (χ1n) is 9.81. The molecule has 0 bridgehead atoms. The number of ether oxygens (including phenoxy) is 1. The van der Waals surface area contributed by atoms with E-state index in [1.54, 1.807) is 12.5 Å². The van der Waals surface area contributed by atoms with Gasteiger partial charge in [-0.05, 0) is 24.6 Å². The van der Waals surface area contributed by atoms with Crippen LogP contribution in [-0.2, 0) is 11.3 Å². The summed E-state index contributed by atoms with van der Waals surface area (Å²) in [6.07, 6.45) is 5.51. The zero-order chi connectivity index (χ0) is 19.6. The lowest BCUT2D eigenvalue weighted by Gasteiger charge is -2.34. The second-order valence-corrected chi connectivity index (χ2v) is 6.66. The number of hydrogen-bond donors (Lipinski definition) is 2. The average Bonchev–Trinajstić information content (AvgIpc) is 3.24. The largest absolute Gasteiger partial charge is 0.379 e. The van der Waals surface area contributed by atoms with Crippen LogP contribution in [-0.4, -0.2) is 66.3 Å². The molecular weight excluding hydrogens is 359 g/mol. The van der Waals surface area contributed by atoms with Crippen LogP contribution in [0.4, 0.5) is 4.39 Å². The number of benzene rings is 1. The van der Waals surface area contributed by atoms with Crippen LogP contribution >= 0.6 is 0 Å². The molecule has 0 radical (unpaired) electrons. The molecule has 1 atom stereocenters. The minimum absolute atomic E-state index is 0.0913. The van der Waals surface area contributed by atoms with Crippen molar-refractivity contribution in [3.8, 4) is 0 Å². The summed E-state index contributed by atoms with van der Waals surface area (Å²) in [7, 11) is 0. The van der Waals surface area contributed by atoms with Gasteiger partial charge >= 0.3 is 0 Å². The van der Waals surface area contributed by atoms with Gasteiger partial charge in [0.15, 0.2) is 5.96 Å². The molecule has 0 aliphatic carbocycles. The van der Waals surface area contributed by atoms with Crippen LogP contribution in [0, 0.1) is 5.82 Å². The Labute approximate surface area is 165 Å². The van der Waals surface area contributed by atoms with E-state index in [-0.39, 0.29) is 11.9 Å². The SMILES string of the molecule is CCNC(=NCC(c1ccc(F)cc1)N1CCOCC1)NCCn1ccnc1. The maximum atomic E-state index is 13.4. The summed E-state index contributed by atoms with van der Waals surface area (Å²) in [4.78, 5) is 11.2. The second kappa shape index (κ2) is 10.8. The third kappa shape index (κ3) is 6.03. The van der Waals surface area contributed by atoms with E-state index in [1.807, 2.05) is 29.8 Å². The number of rotatable bonds is 8. The fourth-order valence-corrected chi connectivity index (χ4v) is 3.25.